The summed E-state index contributed by atoms with van der Waals surface area (Å²) in [6.07, 6.45) is 1.62. The second-order valence-electron chi connectivity index (χ2n) is 4.90. The molecule has 0 aliphatic heterocycles. The van der Waals surface area contributed by atoms with E-state index in [0.29, 0.717) is 11.3 Å². The number of anilines is 2. The minimum atomic E-state index is -0.286. The lowest BCUT2D eigenvalue weighted by molar-refractivity contribution is 0.0998. The highest BCUT2D eigenvalue weighted by Crippen LogP contribution is 2.20. The Kier molecular flexibility index (Phi) is 3.31. The van der Waals surface area contributed by atoms with Crippen molar-refractivity contribution in [2.24, 2.45) is 0 Å². The second kappa shape index (κ2) is 5.28. The predicted octanol–water partition coefficient (Wildman–Crippen LogP) is 3.15. The molecule has 5 nitrogen and oxygen atoms in total. The van der Waals surface area contributed by atoms with Gasteiger partial charge in [0.05, 0.1) is 11.9 Å². The Morgan fingerprint density at radius 3 is 2.67 bits per heavy atom. The van der Waals surface area contributed by atoms with E-state index < -0.39 is 0 Å². The average molecular weight is 281 g/mol. The Morgan fingerprint density at radius 1 is 1.19 bits per heavy atom. The first-order valence-corrected chi connectivity index (χ1v) is 6.57. The highest BCUT2D eigenvalue weighted by molar-refractivity contribution is 6.04. The van der Waals surface area contributed by atoms with Gasteiger partial charge < -0.3 is 14.6 Å². The van der Waals surface area contributed by atoms with Gasteiger partial charge in [0, 0.05) is 19.5 Å². The number of benzene rings is 1. The van der Waals surface area contributed by atoms with Gasteiger partial charge in [-0.3, -0.25) is 4.79 Å². The maximum Gasteiger partial charge on any atom is 0.291 e. The number of furan rings is 1. The van der Waals surface area contributed by atoms with Gasteiger partial charge in [-0.2, -0.15) is 0 Å². The van der Waals surface area contributed by atoms with Crippen molar-refractivity contribution in [3.63, 3.8) is 0 Å². The molecule has 0 bridgehead atoms. The molecule has 0 aliphatic rings. The van der Waals surface area contributed by atoms with E-state index in [2.05, 4.69) is 10.3 Å². The fraction of sp³-hybridized carbons (Fsp3) is 0.125. The average Bonchev–Trinajstić information content (AvgIpc) is 2.92. The molecule has 2 heterocycles. The molecule has 21 heavy (non-hydrogen) atoms. The molecule has 2 aromatic heterocycles. The summed E-state index contributed by atoms with van der Waals surface area (Å²) in [5, 5.41) is 3.68. The van der Waals surface area contributed by atoms with E-state index in [-0.39, 0.29) is 11.7 Å². The number of hydrogen-bond donors (Lipinski definition) is 1. The summed E-state index contributed by atoms with van der Waals surface area (Å²) < 4.78 is 5.52. The number of carbonyl (C=O) groups is 1. The Labute approximate surface area is 122 Å². The Balaban J connectivity index is 1.79. The number of rotatable bonds is 3. The first-order valence-electron chi connectivity index (χ1n) is 6.57. The first-order chi connectivity index (χ1) is 10.1. The van der Waals surface area contributed by atoms with E-state index in [1.54, 1.807) is 12.3 Å². The van der Waals surface area contributed by atoms with Gasteiger partial charge in [-0.15, -0.1) is 0 Å². The van der Waals surface area contributed by atoms with Gasteiger partial charge in [-0.25, -0.2) is 4.98 Å². The molecule has 0 aliphatic carbocycles. The van der Waals surface area contributed by atoms with Crippen LogP contribution < -0.4 is 10.2 Å². The molecule has 0 fully saturated rings. The number of aromatic nitrogens is 1. The van der Waals surface area contributed by atoms with E-state index in [4.69, 9.17) is 4.42 Å². The third-order valence-electron chi connectivity index (χ3n) is 3.11. The zero-order valence-corrected chi connectivity index (χ0v) is 11.8. The zero-order valence-electron chi connectivity index (χ0n) is 11.8. The van der Waals surface area contributed by atoms with Crippen molar-refractivity contribution >= 4 is 28.4 Å². The number of fused-ring (bicyclic) bond motifs is 1. The van der Waals surface area contributed by atoms with Crippen molar-refractivity contribution in [2.45, 2.75) is 0 Å². The fourth-order valence-corrected chi connectivity index (χ4v) is 2.01. The highest BCUT2D eigenvalue weighted by atomic mass is 16.3. The first kappa shape index (κ1) is 13.2. The minimum absolute atomic E-state index is 0.285. The SMILES string of the molecule is CN(C)c1ccc(NC(=O)c2cc3ccccc3o2)cn1. The summed E-state index contributed by atoms with van der Waals surface area (Å²) in [6.45, 7) is 0. The molecule has 1 aromatic carbocycles. The molecule has 0 radical (unpaired) electrons. The summed E-state index contributed by atoms with van der Waals surface area (Å²) in [5.74, 6) is 0.829. The van der Waals surface area contributed by atoms with Crippen LogP contribution in [-0.4, -0.2) is 25.0 Å². The van der Waals surface area contributed by atoms with E-state index in [0.717, 1.165) is 11.2 Å². The number of nitrogens with one attached hydrogen (secondary N) is 1. The molecule has 1 amide bonds. The highest BCUT2D eigenvalue weighted by Gasteiger charge is 2.12. The van der Waals surface area contributed by atoms with Crippen LogP contribution in [0.2, 0.25) is 0 Å². The van der Waals surface area contributed by atoms with E-state index in [9.17, 15) is 4.79 Å². The number of carbonyl (C=O) groups excluding carboxylic acids is 1. The molecule has 106 valence electrons. The molecular formula is C16H15N3O2. The second-order valence-corrected chi connectivity index (χ2v) is 4.90. The van der Waals surface area contributed by atoms with Crippen LogP contribution in [0, 0.1) is 0 Å². The van der Waals surface area contributed by atoms with E-state index in [1.165, 1.54) is 0 Å². The molecular weight excluding hydrogens is 266 g/mol. The molecule has 0 unspecified atom stereocenters. The lowest BCUT2D eigenvalue weighted by atomic mass is 10.2. The number of para-hydroxylation sites is 1. The van der Waals surface area contributed by atoms with Gasteiger partial charge >= 0.3 is 0 Å². The van der Waals surface area contributed by atoms with Crippen molar-refractivity contribution in [1.29, 1.82) is 0 Å². The molecule has 0 atom stereocenters. The topological polar surface area (TPSA) is 58.4 Å². The Morgan fingerprint density at radius 2 is 2.00 bits per heavy atom. The number of pyridine rings is 1. The zero-order chi connectivity index (χ0) is 14.8. The van der Waals surface area contributed by atoms with Crippen LogP contribution in [0.5, 0.6) is 0 Å². The molecule has 1 N–H and O–H groups in total. The van der Waals surface area contributed by atoms with Gasteiger partial charge in [0.25, 0.3) is 5.91 Å². The Hall–Kier alpha value is -2.82. The molecule has 3 rings (SSSR count). The standard InChI is InChI=1S/C16H15N3O2/c1-19(2)15-8-7-12(10-17-15)18-16(20)14-9-11-5-3-4-6-13(11)21-14/h3-10H,1-2H3,(H,18,20). The number of nitrogens with zero attached hydrogens (tertiary/aromatic N) is 2. The van der Waals surface area contributed by atoms with Crippen molar-refractivity contribution in [1.82, 2.24) is 4.98 Å². The van der Waals surface area contributed by atoms with Crippen molar-refractivity contribution in [2.75, 3.05) is 24.3 Å². The van der Waals surface area contributed by atoms with Crippen LogP contribution >= 0.6 is 0 Å². The van der Waals surface area contributed by atoms with Crippen LogP contribution in [0.4, 0.5) is 11.5 Å². The Bertz CT molecular complexity index is 743. The predicted molar refractivity (Wildman–Crippen MR) is 82.7 cm³/mol. The molecule has 0 spiro atoms. The van der Waals surface area contributed by atoms with Crippen molar-refractivity contribution in [3.8, 4) is 0 Å². The van der Waals surface area contributed by atoms with Crippen LogP contribution in [-0.2, 0) is 0 Å². The van der Waals surface area contributed by atoms with Crippen LogP contribution in [0.15, 0.2) is 53.1 Å². The van der Waals surface area contributed by atoms with Gasteiger partial charge in [0.2, 0.25) is 0 Å². The lowest BCUT2D eigenvalue weighted by Gasteiger charge is -2.11. The van der Waals surface area contributed by atoms with Crippen LogP contribution in [0.1, 0.15) is 10.6 Å². The van der Waals surface area contributed by atoms with Crippen LogP contribution in [0.3, 0.4) is 0 Å². The molecule has 0 saturated heterocycles. The normalized spacial score (nSPS) is 10.6. The van der Waals surface area contributed by atoms with Gasteiger partial charge in [-0.1, -0.05) is 18.2 Å². The maximum absolute atomic E-state index is 12.2. The van der Waals surface area contributed by atoms with E-state index in [1.807, 2.05) is 55.4 Å². The van der Waals surface area contributed by atoms with E-state index >= 15 is 0 Å². The summed E-state index contributed by atoms with van der Waals surface area (Å²) >= 11 is 0. The van der Waals surface area contributed by atoms with Crippen molar-refractivity contribution < 1.29 is 9.21 Å². The number of hydrogen-bond acceptors (Lipinski definition) is 4. The maximum atomic E-state index is 12.2. The third kappa shape index (κ3) is 2.72. The largest absolute Gasteiger partial charge is 0.451 e. The monoisotopic (exact) mass is 281 g/mol. The summed E-state index contributed by atoms with van der Waals surface area (Å²) in [7, 11) is 3.82. The quantitative estimate of drug-likeness (QED) is 0.801. The van der Waals surface area contributed by atoms with Crippen LogP contribution in [0.25, 0.3) is 11.0 Å². The fourth-order valence-electron chi connectivity index (χ4n) is 2.01. The van der Waals surface area contributed by atoms with Gasteiger partial charge in [0.15, 0.2) is 5.76 Å². The molecule has 0 saturated carbocycles. The minimum Gasteiger partial charge on any atom is -0.451 e. The summed E-state index contributed by atoms with van der Waals surface area (Å²) in [6, 6.07) is 12.9. The van der Waals surface area contributed by atoms with Gasteiger partial charge in [-0.05, 0) is 24.3 Å². The smallest absolute Gasteiger partial charge is 0.291 e. The molecule has 5 heteroatoms. The van der Waals surface area contributed by atoms with Gasteiger partial charge in [0.1, 0.15) is 11.4 Å². The summed E-state index contributed by atoms with van der Waals surface area (Å²) in [5.41, 5.74) is 1.33. The lowest BCUT2D eigenvalue weighted by Crippen LogP contribution is -2.13. The third-order valence-corrected chi connectivity index (χ3v) is 3.11. The van der Waals surface area contributed by atoms with Crippen molar-refractivity contribution in [3.05, 3.63) is 54.4 Å². The summed E-state index contributed by atoms with van der Waals surface area (Å²) in [4.78, 5) is 18.3. The number of amides is 1. The molecule has 3 aromatic rings.